The molecular weight excluding hydrogens is 166 g/mol. The zero-order valence-corrected chi connectivity index (χ0v) is 9.13. The smallest absolute Gasteiger partial charge is 0.0321 e. The van der Waals surface area contributed by atoms with Crippen molar-refractivity contribution in [2.75, 3.05) is 19.1 Å². The molecule has 0 saturated heterocycles. The van der Waals surface area contributed by atoms with Crippen LogP contribution in [0.5, 0.6) is 0 Å². The molecule has 0 aliphatic heterocycles. The molecule has 12 heavy (non-hydrogen) atoms. The van der Waals surface area contributed by atoms with Crippen molar-refractivity contribution in [2.24, 2.45) is 0 Å². The summed E-state index contributed by atoms with van der Waals surface area (Å²) >= 11 is 1.86. The Bertz CT molecular complexity index is 163. The van der Waals surface area contributed by atoms with E-state index in [0.717, 1.165) is 23.3 Å². The van der Waals surface area contributed by atoms with Crippen molar-refractivity contribution in [3.63, 3.8) is 0 Å². The lowest BCUT2D eigenvalue weighted by molar-refractivity contribution is 0.628. The van der Waals surface area contributed by atoms with Gasteiger partial charge in [-0.15, -0.1) is 0 Å². The fourth-order valence-electron chi connectivity index (χ4n) is 1.03. The summed E-state index contributed by atoms with van der Waals surface area (Å²) in [6.45, 7) is 9.90. The lowest BCUT2D eigenvalue weighted by Gasteiger charge is -2.18. The molecule has 0 aromatic rings. The van der Waals surface area contributed by atoms with Crippen LogP contribution in [-0.2, 0) is 0 Å². The molecule has 0 aliphatic rings. The molecule has 0 amide bonds. The number of hydrogen-bond acceptors (Lipinski definition) is 2. The molecule has 70 valence electrons. The first kappa shape index (κ1) is 11.8. The van der Waals surface area contributed by atoms with Gasteiger partial charge < -0.3 is 5.32 Å². The Morgan fingerprint density at radius 3 is 2.42 bits per heavy atom. The Kier molecular flexibility index (Phi) is 6.21. The van der Waals surface area contributed by atoms with Gasteiger partial charge in [0.25, 0.3) is 0 Å². The van der Waals surface area contributed by atoms with Crippen molar-refractivity contribution >= 4 is 11.8 Å². The maximum absolute atomic E-state index is 4.01. The van der Waals surface area contributed by atoms with E-state index in [-0.39, 0.29) is 0 Å². The van der Waals surface area contributed by atoms with Crippen molar-refractivity contribution in [3.05, 3.63) is 24.3 Å². The molecule has 1 N–H and O–H groups in total. The van der Waals surface area contributed by atoms with Crippen LogP contribution in [0.2, 0.25) is 0 Å². The van der Waals surface area contributed by atoms with Crippen LogP contribution in [0.25, 0.3) is 0 Å². The summed E-state index contributed by atoms with van der Waals surface area (Å²) < 4.78 is 0. The molecule has 0 spiro atoms. The summed E-state index contributed by atoms with van der Waals surface area (Å²) in [5.74, 6) is 1.16. The van der Waals surface area contributed by atoms with E-state index in [1.54, 1.807) is 0 Å². The van der Waals surface area contributed by atoms with Gasteiger partial charge in [0.15, 0.2) is 0 Å². The molecule has 0 fully saturated rings. The molecule has 1 atom stereocenters. The summed E-state index contributed by atoms with van der Waals surface area (Å²) in [5, 5.41) is 3.24. The fraction of sp³-hybridized carbons (Fsp3) is 0.600. The van der Waals surface area contributed by atoms with Gasteiger partial charge in [0.05, 0.1) is 0 Å². The van der Waals surface area contributed by atoms with Gasteiger partial charge in [-0.25, -0.2) is 0 Å². The largest absolute Gasteiger partial charge is 0.313 e. The molecule has 0 radical (unpaired) electrons. The van der Waals surface area contributed by atoms with Crippen molar-refractivity contribution in [1.29, 1.82) is 0 Å². The van der Waals surface area contributed by atoms with Crippen LogP contribution in [0.15, 0.2) is 24.3 Å². The number of rotatable bonds is 6. The van der Waals surface area contributed by atoms with Crippen LogP contribution in [-0.4, -0.2) is 25.1 Å². The highest BCUT2D eigenvalue weighted by Gasteiger charge is 2.09. The van der Waals surface area contributed by atoms with E-state index < -0.39 is 0 Å². The van der Waals surface area contributed by atoms with Crippen molar-refractivity contribution in [1.82, 2.24) is 5.32 Å². The summed E-state index contributed by atoms with van der Waals surface area (Å²) in [5.41, 5.74) is 2.21. The second-order valence-electron chi connectivity index (χ2n) is 2.93. The zero-order chi connectivity index (χ0) is 9.56. The summed E-state index contributed by atoms with van der Waals surface area (Å²) in [4.78, 5) is 0. The highest BCUT2D eigenvalue weighted by atomic mass is 32.2. The minimum atomic E-state index is 0.398. The lowest BCUT2D eigenvalue weighted by Crippen LogP contribution is -2.27. The van der Waals surface area contributed by atoms with Gasteiger partial charge in [-0.2, -0.15) is 11.8 Å². The van der Waals surface area contributed by atoms with Gasteiger partial charge in [0.2, 0.25) is 0 Å². The molecule has 0 heterocycles. The Labute approximate surface area is 80.3 Å². The van der Waals surface area contributed by atoms with Gasteiger partial charge in [-0.1, -0.05) is 18.7 Å². The van der Waals surface area contributed by atoms with Crippen LogP contribution in [0.4, 0.5) is 0 Å². The Morgan fingerprint density at radius 1 is 1.50 bits per heavy atom. The summed E-state index contributed by atoms with van der Waals surface area (Å²) in [6.07, 6.45) is 3.25. The Morgan fingerprint density at radius 2 is 2.08 bits per heavy atom. The van der Waals surface area contributed by atoms with E-state index in [0.29, 0.717) is 6.04 Å². The van der Waals surface area contributed by atoms with Crippen LogP contribution < -0.4 is 5.32 Å². The van der Waals surface area contributed by atoms with E-state index in [4.69, 9.17) is 0 Å². The predicted molar refractivity (Wildman–Crippen MR) is 59.8 cm³/mol. The Balaban J connectivity index is 3.96. The highest BCUT2D eigenvalue weighted by Crippen LogP contribution is 2.13. The van der Waals surface area contributed by atoms with Crippen LogP contribution >= 0.6 is 11.8 Å². The van der Waals surface area contributed by atoms with E-state index >= 15 is 0 Å². The van der Waals surface area contributed by atoms with Crippen molar-refractivity contribution in [2.45, 2.75) is 19.4 Å². The third kappa shape index (κ3) is 3.98. The topological polar surface area (TPSA) is 12.0 Å². The van der Waals surface area contributed by atoms with Gasteiger partial charge >= 0.3 is 0 Å². The van der Waals surface area contributed by atoms with Crippen LogP contribution in [0, 0.1) is 0 Å². The summed E-state index contributed by atoms with van der Waals surface area (Å²) in [6, 6.07) is 0.398. The van der Waals surface area contributed by atoms with Crippen LogP contribution in [0.3, 0.4) is 0 Å². The van der Waals surface area contributed by atoms with Gasteiger partial charge in [0, 0.05) is 6.04 Å². The molecule has 1 nitrogen and oxygen atoms in total. The number of likely N-dealkylation sites (N-methyl/N-ethyl adjacent to an activating group) is 1. The third-order valence-electron chi connectivity index (χ3n) is 1.93. The summed E-state index contributed by atoms with van der Waals surface area (Å²) in [7, 11) is 1.97. The minimum Gasteiger partial charge on any atom is -0.313 e. The second kappa shape index (κ2) is 6.32. The van der Waals surface area contributed by atoms with Crippen LogP contribution in [0.1, 0.15) is 13.3 Å². The Hall–Kier alpha value is -0.210. The van der Waals surface area contributed by atoms with E-state index in [1.165, 1.54) is 0 Å². The number of hydrogen-bond donors (Lipinski definition) is 1. The molecule has 2 heteroatoms. The van der Waals surface area contributed by atoms with E-state index in [2.05, 4.69) is 24.7 Å². The molecule has 0 bridgehead atoms. The molecule has 0 aromatic heterocycles. The average Bonchev–Trinajstić information content (AvgIpc) is 2.05. The lowest BCUT2D eigenvalue weighted by atomic mass is 10.0. The maximum atomic E-state index is 4.01. The standard InChI is InChI=1S/C10H19NS/c1-8(2)9(3)10(11-4)6-7-12-5/h10-11H,1,3,6-7H2,2,4-5H3/t10-/m0/s1. The minimum absolute atomic E-state index is 0.398. The molecule has 0 rings (SSSR count). The molecule has 0 saturated carbocycles. The van der Waals surface area contributed by atoms with Gasteiger partial charge in [-0.05, 0) is 38.0 Å². The number of thioether (sulfide) groups is 1. The molecule has 0 aromatic carbocycles. The molecule has 0 aliphatic carbocycles. The first-order chi connectivity index (χ1) is 5.63. The van der Waals surface area contributed by atoms with Crippen molar-refractivity contribution < 1.29 is 0 Å². The van der Waals surface area contributed by atoms with Gasteiger partial charge in [-0.3, -0.25) is 0 Å². The fourth-order valence-corrected chi connectivity index (χ4v) is 1.50. The normalized spacial score (nSPS) is 12.6. The SMILES string of the molecule is C=C(C)C(=C)[C@H](CCSC)NC. The third-order valence-corrected chi connectivity index (χ3v) is 2.57. The van der Waals surface area contributed by atoms with E-state index in [1.807, 2.05) is 25.7 Å². The molecular formula is C10H19NS. The van der Waals surface area contributed by atoms with Gasteiger partial charge in [0.1, 0.15) is 0 Å². The maximum Gasteiger partial charge on any atom is 0.0321 e. The zero-order valence-electron chi connectivity index (χ0n) is 8.31. The quantitative estimate of drug-likeness (QED) is 0.638. The predicted octanol–water partition coefficient (Wildman–Crippen LogP) is 2.46. The monoisotopic (exact) mass is 185 g/mol. The van der Waals surface area contributed by atoms with E-state index in [9.17, 15) is 0 Å². The number of nitrogens with one attached hydrogen (secondary N) is 1. The van der Waals surface area contributed by atoms with Crippen molar-refractivity contribution in [3.8, 4) is 0 Å². The average molecular weight is 185 g/mol. The molecule has 0 unspecified atom stereocenters. The highest BCUT2D eigenvalue weighted by molar-refractivity contribution is 7.98. The first-order valence-electron chi connectivity index (χ1n) is 4.14. The first-order valence-corrected chi connectivity index (χ1v) is 5.53. The second-order valence-corrected chi connectivity index (χ2v) is 3.91.